The molecule has 6 nitrogen and oxygen atoms in total. The molecule has 20 heavy (non-hydrogen) atoms. The van der Waals surface area contributed by atoms with Crippen LogP contribution in [0.15, 0.2) is 30.3 Å². The molecule has 1 saturated carbocycles. The zero-order valence-corrected chi connectivity index (χ0v) is 11.0. The second-order valence-corrected chi connectivity index (χ2v) is 4.93. The summed E-state index contributed by atoms with van der Waals surface area (Å²) in [6.07, 6.45) is 5.19. The average Bonchev–Trinajstić information content (AvgIpc) is 3.27. The molecule has 0 aliphatic heterocycles. The number of hydrogen-bond donors (Lipinski definition) is 2. The van der Waals surface area contributed by atoms with Gasteiger partial charge in [-0.2, -0.15) is 0 Å². The fourth-order valence-corrected chi connectivity index (χ4v) is 1.88. The van der Waals surface area contributed by atoms with Gasteiger partial charge in [-0.05, 0) is 30.4 Å². The molecule has 0 spiro atoms. The van der Waals surface area contributed by atoms with Crippen LogP contribution < -0.4 is 11.1 Å². The molecule has 3 N–H and O–H groups in total. The molecule has 1 unspecified atom stereocenters. The first-order valence-electron chi connectivity index (χ1n) is 6.52. The Bertz CT molecular complexity index is 538. The number of nitrogens with zero attached hydrogens (tertiary/aromatic N) is 1. The number of nitrogens with one attached hydrogen (secondary N) is 1. The number of hydrogen-bond acceptors (Lipinski definition) is 4. The highest BCUT2D eigenvalue weighted by Crippen LogP contribution is 2.31. The second kappa shape index (κ2) is 6.29. The average molecular weight is 275 g/mol. The number of amides is 1. The van der Waals surface area contributed by atoms with Gasteiger partial charge in [0.2, 0.25) is 5.91 Å². The monoisotopic (exact) mass is 275 g/mol. The quantitative estimate of drug-likeness (QED) is 0.466. The van der Waals surface area contributed by atoms with E-state index in [9.17, 15) is 14.9 Å². The molecule has 1 aromatic carbocycles. The van der Waals surface area contributed by atoms with Crippen molar-refractivity contribution < 1.29 is 9.72 Å². The van der Waals surface area contributed by atoms with Gasteiger partial charge in [0.1, 0.15) is 0 Å². The molecular formula is C14H17N3O3. The zero-order valence-electron chi connectivity index (χ0n) is 11.0. The minimum atomic E-state index is -0.466. The van der Waals surface area contributed by atoms with Gasteiger partial charge in [-0.25, -0.2) is 0 Å². The van der Waals surface area contributed by atoms with Gasteiger partial charge in [0, 0.05) is 30.8 Å². The molecule has 1 aromatic rings. The highest BCUT2D eigenvalue weighted by Gasteiger charge is 2.28. The number of nitro benzene ring substituents is 1. The Hall–Kier alpha value is -2.21. The lowest BCUT2D eigenvalue weighted by atomic mass is 10.2. The Morgan fingerprint density at radius 2 is 2.30 bits per heavy atom. The van der Waals surface area contributed by atoms with Crippen molar-refractivity contribution in [2.45, 2.75) is 18.9 Å². The Labute approximate surface area is 116 Å². The lowest BCUT2D eigenvalue weighted by Crippen LogP contribution is -2.37. The summed E-state index contributed by atoms with van der Waals surface area (Å²) < 4.78 is 0. The predicted octanol–water partition coefficient (Wildman–Crippen LogP) is 1.46. The molecule has 1 aliphatic carbocycles. The normalized spacial score (nSPS) is 16.1. The van der Waals surface area contributed by atoms with Gasteiger partial charge >= 0.3 is 0 Å². The van der Waals surface area contributed by atoms with Crippen LogP contribution in [0.25, 0.3) is 6.08 Å². The van der Waals surface area contributed by atoms with Crippen LogP contribution >= 0.6 is 0 Å². The molecule has 0 radical (unpaired) electrons. The van der Waals surface area contributed by atoms with E-state index < -0.39 is 4.92 Å². The molecule has 1 aliphatic rings. The minimum Gasteiger partial charge on any atom is -0.351 e. The third-order valence-corrected chi connectivity index (χ3v) is 3.25. The van der Waals surface area contributed by atoms with E-state index in [1.807, 2.05) is 0 Å². The summed E-state index contributed by atoms with van der Waals surface area (Å²) in [4.78, 5) is 21.8. The second-order valence-electron chi connectivity index (χ2n) is 4.93. The van der Waals surface area contributed by atoms with E-state index >= 15 is 0 Å². The van der Waals surface area contributed by atoms with Crippen LogP contribution in [-0.2, 0) is 4.79 Å². The van der Waals surface area contributed by atoms with E-state index in [4.69, 9.17) is 5.73 Å². The molecule has 0 bridgehead atoms. The third-order valence-electron chi connectivity index (χ3n) is 3.25. The van der Waals surface area contributed by atoms with Crippen LogP contribution in [0.5, 0.6) is 0 Å². The van der Waals surface area contributed by atoms with Crippen LogP contribution in [-0.4, -0.2) is 23.4 Å². The lowest BCUT2D eigenvalue weighted by Gasteiger charge is -2.09. The van der Waals surface area contributed by atoms with E-state index in [2.05, 4.69) is 5.32 Å². The number of carbonyl (C=O) groups is 1. The van der Waals surface area contributed by atoms with Crippen molar-refractivity contribution in [1.29, 1.82) is 0 Å². The highest BCUT2D eigenvalue weighted by atomic mass is 16.6. The Kier molecular flexibility index (Phi) is 4.47. The Morgan fingerprint density at radius 1 is 1.55 bits per heavy atom. The number of rotatable bonds is 6. The third kappa shape index (κ3) is 4.17. The molecule has 0 saturated heterocycles. The molecule has 106 valence electrons. The maximum atomic E-state index is 11.6. The number of nitrogens with two attached hydrogens (primary N) is 1. The number of non-ortho nitro benzene ring substituents is 1. The Balaban J connectivity index is 1.86. The summed E-state index contributed by atoms with van der Waals surface area (Å²) in [6.45, 7) is 0.461. The molecule has 0 heterocycles. The van der Waals surface area contributed by atoms with Crippen molar-refractivity contribution >= 4 is 17.7 Å². The van der Waals surface area contributed by atoms with Gasteiger partial charge in [0.05, 0.1) is 4.92 Å². The maximum Gasteiger partial charge on any atom is 0.270 e. The first kappa shape index (κ1) is 14.2. The summed E-state index contributed by atoms with van der Waals surface area (Å²) in [5.41, 5.74) is 6.49. The number of carbonyl (C=O) groups excluding carboxylic acids is 1. The summed E-state index contributed by atoms with van der Waals surface area (Å²) >= 11 is 0. The molecule has 1 fully saturated rings. The van der Waals surface area contributed by atoms with Crippen LogP contribution in [0.4, 0.5) is 5.69 Å². The molecular weight excluding hydrogens is 258 g/mol. The van der Waals surface area contributed by atoms with Crippen molar-refractivity contribution in [3.05, 3.63) is 46.0 Å². The SMILES string of the molecule is NC(CNC(=O)/C=C/c1cccc([N+](=O)[O-])c1)C1CC1. The van der Waals surface area contributed by atoms with E-state index in [1.165, 1.54) is 18.2 Å². The minimum absolute atomic E-state index is 0.00307. The molecule has 0 aromatic heterocycles. The maximum absolute atomic E-state index is 11.6. The van der Waals surface area contributed by atoms with E-state index in [0.717, 1.165) is 12.8 Å². The largest absolute Gasteiger partial charge is 0.351 e. The molecule has 1 amide bonds. The topological polar surface area (TPSA) is 98.3 Å². The van der Waals surface area contributed by atoms with Gasteiger partial charge in [-0.1, -0.05) is 12.1 Å². The summed E-state index contributed by atoms with van der Waals surface area (Å²) in [5.74, 6) is 0.295. The van der Waals surface area contributed by atoms with E-state index in [-0.39, 0.29) is 17.6 Å². The van der Waals surface area contributed by atoms with Gasteiger partial charge in [-0.15, -0.1) is 0 Å². The van der Waals surface area contributed by atoms with Crippen LogP contribution in [0.3, 0.4) is 0 Å². The first-order valence-corrected chi connectivity index (χ1v) is 6.52. The van der Waals surface area contributed by atoms with Crippen LogP contribution in [0, 0.1) is 16.0 Å². The van der Waals surface area contributed by atoms with Crippen LogP contribution in [0.1, 0.15) is 18.4 Å². The summed E-state index contributed by atoms with van der Waals surface area (Å²) in [6, 6.07) is 6.13. The summed E-state index contributed by atoms with van der Waals surface area (Å²) in [5, 5.41) is 13.4. The van der Waals surface area contributed by atoms with Crippen molar-refractivity contribution in [2.24, 2.45) is 11.7 Å². The standard InChI is InChI=1S/C14H17N3O3/c15-13(11-5-6-11)9-16-14(18)7-4-10-2-1-3-12(8-10)17(19)20/h1-4,7-8,11,13H,5-6,9,15H2,(H,16,18)/b7-4+. The fourth-order valence-electron chi connectivity index (χ4n) is 1.88. The molecule has 2 rings (SSSR count). The van der Waals surface area contributed by atoms with Crippen molar-refractivity contribution in [3.8, 4) is 0 Å². The smallest absolute Gasteiger partial charge is 0.270 e. The van der Waals surface area contributed by atoms with Gasteiger partial charge < -0.3 is 11.1 Å². The van der Waals surface area contributed by atoms with E-state index in [0.29, 0.717) is 18.0 Å². The first-order chi connectivity index (χ1) is 9.56. The fraction of sp³-hybridized carbons (Fsp3) is 0.357. The lowest BCUT2D eigenvalue weighted by molar-refractivity contribution is -0.384. The van der Waals surface area contributed by atoms with Crippen molar-refractivity contribution in [1.82, 2.24) is 5.32 Å². The van der Waals surface area contributed by atoms with Gasteiger partial charge in [0.25, 0.3) is 5.69 Å². The van der Waals surface area contributed by atoms with Crippen molar-refractivity contribution in [3.63, 3.8) is 0 Å². The molecule has 6 heteroatoms. The van der Waals surface area contributed by atoms with Crippen molar-refractivity contribution in [2.75, 3.05) is 6.54 Å². The van der Waals surface area contributed by atoms with Crippen LogP contribution in [0.2, 0.25) is 0 Å². The molecule has 1 atom stereocenters. The summed E-state index contributed by atoms with van der Waals surface area (Å²) in [7, 11) is 0. The van der Waals surface area contributed by atoms with Gasteiger partial charge in [-0.3, -0.25) is 14.9 Å². The van der Waals surface area contributed by atoms with E-state index in [1.54, 1.807) is 18.2 Å². The zero-order chi connectivity index (χ0) is 14.5. The van der Waals surface area contributed by atoms with Gasteiger partial charge in [0.15, 0.2) is 0 Å². The predicted molar refractivity (Wildman–Crippen MR) is 75.8 cm³/mol. The highest BCUT2D eigenvalue weighted by molar-refractivity contribution is 5.91. The number of nitro groups is 1. The Morgan fingerprint density at radius 3 is 2.95 bits per heavy atom. The number of benzene rings is 1.